The van der Waals surface area contributed by atoms with Gasteiger partial charge in [-0.3, -0.25) is 25.0 Å². The second kappa shape index (κ2) is 42.5. The maximum absolute atomic E-state index is 12.1. The van der Waals surface area contributed by atoms with Crippen molar-refractivity contribution in [1.29, 1.82) is 0 Å². The molecule has 0 spiro atoms. The number of halogens is 3. The Morgan fingerprint density at radius 1 is 0.346 bits per heavy atom. The van der Waals surface area contributed by atoms with Gasteiger partial charge in [0.2, 0.25) is 0 Å². The van der Waals surface area contributed by atoms with E-state index >= 15 is 0 Å². The molecule has 17 rings (SSSR count). The number of ether oxygens (including phenoxy) is 2. The van der Waals surface area contributed by atoms with Gasteiger partial charge >= 0.3 is 6.18 Å². The second-order valence-electron chi connectivity index (χ2n) is 38.7. The number of aromatic nitrogens is 10. The number of hydrogen-bond donors (Lipinski definition) is 4. The van der Waals surface area contributed by atoms with Gasteiger partial charge in [-0.25, -0.2) is 0 Å². The first kappa shape index (κ1) is 103. The van der Waals surface area contributed by atoms with Crippen molar-refractivity contribution in [1.82, 2.24) is 50.1 Å². The van der Waals surface area contributed by atoms with E-state index in [1.54, 1.807) is 40.2 Å². The average Bonchev–Trinajstić information content (AvgIpc) is 0.752. The Morgan fingerprint density at radius 2 is 0.685 bits per heavy atom. The molecule has 0 saturated heterocycles. The predicted octanol–water partition coefficient (Wildman–Crippen LogP) is 25.3. The minimum Gasteiger partial charge on any atom is -0.540 e. The summed E-state index contributed by atoms with van der Waals surface area (Å²) in [6.45, 7) is 42.2. The van der Waals surface area contributed by atoms with Crippen LogP contribution in [0.1, 0.15) is 179 Å². The minimum absolute atomic E-state index is 0. The summed E-state index contributed by atoms with van der Waals surface area (Å²) in [6, 6.07) is 78.3. The van der Waals surface area contributed by atoms with Crippen LogP contribution in [0.3, 0.4) is 0 Å². The summed E-state index contributed by atoms with van der Waals surface area (Å²) in [7, 11) is 3.33. The van der Waals surface area contributed by atoms with Crippen LogP contribution in [0, 0.1) is 29.0 Å². The fourth-order valence-electron chi connectivity index (χ4n) is 14.5. The summed E-state index contributed by atoms with van der Waals surface area (Å²) in [5.41, 5.74) is 16.6. The van der Waals surface area contributed by atoms with E-state index in [1.165, 1.54) is 56.1 Å². The Bertz CT molecular complexity index is 6470. The van der Waals surface area contributed by atoms with Gasteiger partial charge in [0.15, 0.2) is 0 Å². The van der Waals surface area contributed by atoms with Crippen LogP contribution in [0.15, 0.2) is 225 Å². The Morgan fingerprint density at radius 3 is 1.01 bits per heavy atom. The molecule has 0 aliphatic heterocycles. The first-order chi connectivity index (χ1) is 59.8. The van der Waals surface area contributed by atoms with Gasteiger partial charge in [0.05, 0.1) is 78.0 Å². The van der Waals surface area contributed by atoms with E-state index in [0.717, 1.165) is 121 Å². The standard InChI is InChI=1S/2C30H29N2.C24H17N2O2.C11H24O2.C8H4F3N4.C5H12O2.3Ir/c2*1-29(2,3)20-12-14-22-24(16-20)25-17-21(30(4,5)6)13-15-23(25)28-27(22)31-18-26(32-28)19-10-8-7-9-11-19;1-27-16-8-10-18-20(12-16)21-13-17(28-2)9-11-19(21)24-23(18)25-14-22(26-24)15-6-4-3-5-7-15;1-10(2,3)8(12)7-9(13)11(4,5)6;9-8(10,11)7-13-6(14-15-7)5-3-1-2-4-12-5;1-4(6)3-5(2)7;;;/h2*7-13,15-18H,1-6H3;3-9,11-14H,1-2H3;8-9,12-13H,7H2,1-6H3;1-4H;4-7H,3H2,1-2H3;;;/q3*-1;;-1;;;;. The third kappa shape index (κ3) is 24.9. The number of aliphatic hydroxyl groups is 4. The number of methoxy groups -OCH3 is 2. The Kier molecular flexibility index (Phi) is 33.8. The fraction of sp³-hybridized carbons (Fsp3) is 0.324. The summed E-state index contributed by atoms with van der Waals surface area (Å²) >= 11 is 0. The maximum Gasteiger partial charge on any atom is 0.429 e. The molecular weight excluding hydrogens is 2170 g/mol. The van der Waals surface area contributed by atoms with Crippen LogP contribution < -0.4 is 14.6 Å². The second-order valence-corrected chi connectivity index (χ2v) is 38.7. The van der Waals surface area contributed by atoms with Gasteiger partial charge in [-0.2, -0.15) is 13.2 Å². The van der Waals surface area contributed by atoms with Gasteiger partial charge < -0.3 is 54.9 Å². The van der Waals surface area contributed by atoms with Gasteiger partial charge in [-0.05, 0) is 116 Å². The van der Waals surface area contributed by atoms with Crippen LogP contribution in [0.25, 0.3) is 143 Å². The Hall–Kier alpha value is -10.3. The third-order valence-corrected chi connectivity index (χ3v) is 22.4. The molecule has 17 aromatic rings. The van der Waals surface area contributed by atoms with E-state index < -0.39 is 24.2 Å². The van der Waals surface area contributed by atoms with E-state index in [-0.39, 0.29) is 117 Å². The first-order valence-electron chi connectivity index (χ1n) is 42.9. The van der Waals surface area contributed by atoms with Gasteiger partial charge in [-0.1, -0.05) is 297 Å². The zero-order valence-electron chi connectivity index (χ0n) is 77.8. The van der Waals surface area contributed by atoms with Crippen LogP contribution in [0.4, 0.5) is 13.2 Å². The number of fused-ring (bicyclic) bond motifs is 18. The molecule has 22 heteroatoms. The zero-order chi connectivity index (χ0) is 92.0. The topological polar surface area (TPSA) is 229 Å². The quantitative estimate of drug-likeness (QED) is 0.0737. The summed E-state index contributed by atoms with van der Waals surface area (Å²) < 4.78 is 47.3. The molecule has 0 amide bonds. The van der Waals surface area contributed by atoms with Crippen LogP contribution >= 0.6 is 0 Å². The molecule has 685 valence electrons. The van der Waals surface area contributed by atoms with Crippen molar-refractivity contribution in [2.45, 2.75) is 204 Å². The molecule has 0 bridgehead atoms. The minimum atomic E-state index is -4.57. The molecule has 0 fully saturated rings. The van der Waals surface area contributed by atoms with Crippen LogP contribution in [0.2, 0.25) is 0 Å². The third-order valence-electron chi connectivity index (χ3n) is 22.4. The fourth-order valence-corrected chi connectivity index (χ4v) is 14.5. The number of nitrogens with zero attached hydrogens (tertiary/aromatic N) is 10. The maximum atomic E-state index is 12.1. The van der Waals surface area contributed by atoms with E-state index in [0.29, 0.717) is 12.8 Å². The molecule has 4 N–H and O–H groups in total. The van der Waals surface area contributed by atoms with Crippen molar-refractivity contribution >= 4 is 97.7 Å². The van der Waals surface area contributed by atoms with Gasteiger partial charge in [0.1, 0.15) is 11.6 Å². The van der Waals surface area contributed by atoms with Crippen molar-refractivity contribution in [2.24, 2.45) is 10.8 Å². The summed E-state index contributed by atoms with van der Waals surface area (Å²) in [5.74, 6) is 0.180. The number of hydrogen-bond acceptors (Lipinski definition) is 15. The molecule has 130 heavy (non-hydrogen) atoms. The zero-order valence-corrected chi connectivity index (χ0v) is 85.0. The van der Waals surface area contributed by atoms with Crippen molar-refractivity contribution in [3.8, 4) is 56.8 Å². The molecule has 5 aromatic heterocycles. The van der Waals surface area contributed by atoms with Crippen LogP contribution in [-0.4, -0.2) is 104 Å². The molecule has 12 aromatic carbocycles. The molecule has 5 heterocycles. The molecule has 0 aliphatic carbocycles. The molecule has 0 saturated carbocycles. The smallest absolute Gasteiger partial charge is 0.429 e. The summed E-state index contributed by atoms with van der Waals surface area (Å²) in [6.07, 6.45) is 1.76. The number of benzene rings is 12. The average molecular weight is 2280 g/mol. The predicted molar refractivity (Wildman–Crippen MR) is 511 cm³/mol. The number of aliphatic hydroxyl groups excluding tert-OH is 4. The summed E-state index contributed by atoms with van der Waals surface area (Å²) in [4.78, 5) is 36.8. The monoisotopic (exact) mass is 2280 g/mol. The van der Waals surface area contributed by atoms with Gasteiger partial charge in [0, 0.05) is 131 Å². The number of rotatable bonds is 10. The normalized spacial score (nSPS) is 12.9. The van der Waals surface area contributed by atoms with Crippen molar-refractivity contribution in [3.05, 3.63) is 271 Å². The SMILES string of the molecule is CC(C)(C)C(O)CC(O)C(C)(C)C.CC(C)(C)c1c[c-]c2c(c1)c1cc(C(C)(C)C)ccc1c1nc(-c3ccccc3)cnc21.CC(C)(C)c1c[c-]c2c(c1)c1cc(C(C)(C)C)ccc1c1nc(-c3ccccc3)cnc21.CC(O)CC(C)O.COc1c[c-]c2c(c1)c1cc(OC)ccc1c1nc(-c3ccccc3)cnc21.FC(F)(F)c1n[n-]c(-c2ccccn2)n1.[Ir].[Ir].[Ir]. The van der Waals surface area contributed by atoms with Crippen LogP contribution in [0.5, 0.6) is 11.5 Å². The largest absolute Gasteiger partial charge is 0.540 e. The molecule has 4 unspecified atom stereocenters. The van der Waals surface area contributed by atoms with E-state index in [4.69, 9.17) is 49.6 Å². The van der Waals surface area contributed by atoms with Gasteiger partial charge in [-0.15, -0.1) is 75.8 Å². The van der Waals surface area contributed by atoms with Crippen molar-refractivity contribution in [3.63, 3.8) is 0 Å². The van der Waals surface area contributed by atoms with E-state index in [2.05, 4.69) is 206 Å². The summed E-state index contributed by atoms with van der Waals surface area (Å²) in [5, 5.41) is 56.1. The number of alkyl halides is 3. The van der Waals surface area contributed by atoms with Gasteiger partial charge in [0.25, 0.3) is 0 Å². The molecular formula is C108H115F3Ir3N10O6-4. The molecule has 4 atom stereocenters. The Balaban J connectivity index is 0.000000185. The molecule has 16 nitrogen and oxygen atoms in total. The van der Waals surface area contributed by atoms with Crippen molar-refractivity contribution in [2.75, 3.05) is 14.2 Å². The van der Waals surface area contributed by atoms with Crippen molar-refractivity contribution < 1.29 is 103 Å². The molecule has 0 aliphatic rings. The Labute approximate surface area is 801 Å². The van der Waals surface area contributed by atoms with E-state index in [9.17, 15) is 23.4 Å². The first-order valence-corrected chi connectivity index (χ1v) is 42.9. The number of pyridine rings is 1. The van der Waals surface area contributed by atoms with Crippen LogP contribution in [-0.2, 0) is 88.2 Å². The molecule has 3 radical (unpaired) electrons. The van der Waals surface area contributed by atoms with E-state index in [1.807, 2.05) is 157 Å².